The fourth-order valence-corrected chi connectivity index (χ4v) is 2.90. The molecule has 2 aliphatic rings. The highest BCUT2D eigenvalue weighted by molar-refractivity contribution is 6.30. The highest BCUT2D eigenvalue weighted by Gasteiger charge is 2.39. The molecule has 0 saturated carbocycles. The molecular weight excluding hydrogens is 306 g/mol. The van der Waals surface area contributed by atoms with E-state index in [-0.39, 0.29) is 18.5 Å². The van der Waals surface area contributed by atoms with Crippen molar-refractivity contribution in [2.45, 2.75) is 12.5 Å². The standard InChI is InChI=1S/C15H16ClN3O3/c16-10-4-2-9(3-5-10)13-12-11(17-15(22)18-13)8-19(14(12)21)6-1-7-20/h2-5,13,20H,1,6-8H2,(H2,17,18,22)/t13-/m0/s1. The summed E-state index contributed by atoms with van der Waals surface area (Å²) in [6, 6.07) is 6.26. The molecule has 0 fully saturated rings. The van der Waals surface area contributed by atoms with Gasteiger partial charge in [-0.15, -0.1) is 0 Å². The third-order valence-corrected chi connectivity index (χ3v) is 4.06. The Bertz CT molecular complexity index is 642. The number of rotatable bonds is 4. The van der Waals surface area contributed by atoms with Gasteiger partial charge in [-0.3, -0.25) is 4.79 Å². The van der Waals surface area contributed by atoms with Crippen LogP contribution in [-0.4, -0.2) is 41.6 Å². The zero-order valence-corrected chi connectivity index (χ0v) is 12.6. The van der Waals surface area contributed by atoms with Crippen molar-refractivity contribution >= 4 is 23.5 Å². The second kappa shape index (κ2) is 5.98. The number of hydrogen-bond donors (Lipinski definition) is 3. The van der Waals surface area contributed by atoms with Crippen molar-refractivity contribution in [1.29, 1.82) is 0 Å². The number of benzene rings is 1. The van der Waals surface area contributed by atoms with Crippen LogP contribution in [0.15, 0.2) is 35.5 Å². The summed E-state index contributed by atoms with van der Waals surface area (Å²) in [7, 11) is 0. The first-order chi connectivity index (χ1) is 10.6. The van der Waals surface area contributed by atoms with Crippen LogP contribution in [0, 0.1) is 0 Å². The van der Waals surface area contributed by atoms with Crippen LogP contribution in [0.5, 0.6) is 0 Å². The molecule has 3 N–H and O–H groups in total. The van der Waals surface area contributed by atoms with Gasteiger partial charge in [-0.1, -0.05) is 23.7 Å². The van der Waals surface area contributed by atoms with E-state index in [4.69, 9.17) is 16.7 Å². The highest BCUT2D eigenvalue weighted by Crippen LogP contribution is 2.32. The van der Waals surface area contributed by atoms with Crippen LogP contribution in [-0.2, 0) is 4.79 Å². The molecule has 0 radical (unpaired) electrons. The highest BCUT2D eigenvalue weighted by atomic mass is 35.5. The molecule has 6 nitrogen and oxygen atoms in total. The number of hydrogen-bond acceptors (Lipinski definition) is 3. The van der Waals surface area contributed by atoms with Crippen molar-refractivity contribution in [3.8, 4) is 0 Å². The third kappa shape index (κ3) is 2.67. The topological polar surface area (TPSA) is 81.7 Å². The van der Waals surface area contributed by atoms with E-state index < -0.39 is 6.04 Å². The van der Waals surface area contributed by atoms with Crippen molar-refractivity contribution in [3.05, 3.63) is 46.1 Å². The lowest BCUT2D eigenvalue weighted by Crippen LogP contribution is -2.44. The zero-order valence-electron chi connectivity index (χ0n) is 11.8. The van der Waals surface area contributed by atoms with E-state index >= 15 is 0 Å². The number of nitrogens with one attached hydrogen (secondary N) is 2. The average molecular weight is 322 g/mol. The summed E-state index contributed by atoms with van der Waals surface area (Å²) in [4.78, 5) is 26.0. The van der Waals surface area contributed by atoms with Gasteiger partial charge in [0.05, 0.1) is 23.9 Å². The molecule has 0 saturated heterocycles. The minimum Gasteiger partial charge on any atom is -0.396 e. The Morgan fingerprint density at radius 3 is 2.68 bits per heavy atom. The number of carbonyl (C=O) groups excluding carboxylic acids is 2. The van der Waals surface area contributed by atoms with Gasteiger partial charge in [0.15, 0.2) is 0 Å². The molecule has 0 spiro atoms. The molecule has 0 bridgehead atoms. The van der Waals surface area contributed by atoms with Gasteiger partial charge in [-0.2, -0.15) is 0 Å². The maximum atomic E-state index is 12.6. The van der Waals surface area contributed by atoms with Crippen LogP contribution in [0.1, 0.15) is 18.0 Å². The van der Waals surface area contributed by atoms with Gasteiger partial charge in [-0.05, 0) is 24.1 Å². The first kappa shape index (κ1) is 14.9. The van der Waals surface area contributed by atoms with Gasteiger partial charge in [0.1, 0.15) is 0 Å². The monoisotopic (exact) mass is 321 g/mol. The number of halogens is 1. The molecule has 0 aliphatic carbocycles. The molecule has 2 heterocycles. The Labute approximate surface area is 132 Å². The maximum absolute atomic E-state index is 12.6. The van der Waals surface area contributed by atoms with Crippen LogP contribution in [0.4, 0.5) is 4.79 Å². The molecule has 3 amide bonds. The number of aliphatic hydroxyl groups excluding tert-OH is 1. The molecule has 1 aromatic carbocycles. The van der Waals surface area contributed by atoms with Crippen LogP contribution in [0.25, 0.3) is 0 Å². The van der Waals surface area contributed by atoms with E-state index in [2.05, 4.69) is 10.6 Å². The van der Waals surface area contributed by atoms with E-state index in [1.54, 1.807) is 29.2 Å². The van der Waals surface area contributed by atoms with Crippen LogP contribution in [0.3, 0.4) is 0 Å². The van der Waals surface area contributed by atoms with Crippen LogP contribution < -0.4 is 10.6 Å². The molecule has 7 heteroatoms. The number of nitrogens with zero attached hydrogens (tertiary/aromatic N) is 1. The molecular formula is C15H16ClN3O3. The maximum Gasteiger partial charge on any atom is 0.319 e. The quantitative estimate of drug-likeness (QED) is 0.778. The first-order valence-corrected chi connectivity index (χ1v) is 7.44. The summed E-state index contributed by atoms with van der Waals surface area (Å²) in [5, 5.41) is 15.0. The van der Waals surface area contributed by atoms with Crippen LogP contribution >= 0.6 is 11.6 Å². The lowest BCUT2D eigenvalue weighted by molar-refractivity contribution is -0.125. The summed E-state index contributed by atoms with van der Waals surface area (Å²) < 4.78 is 0. The first-order valence-electron chi connectivity index (χ1n) is 7.06. The average Bonchev–Trinajstić information content (AvgIpc) is 2.81. The SMILES string of the molecule is O=C1NC2=C(C(=O)N(CCCO)C2)[C@H](c2ccc(Cl)cc2)N1. The fourth-order valence-electron chi connectivity index (χ4n) is 2.78. The van der Waals surface area contributed by atoms with Gasteiger partial charge < -0.3 is 20.6 Å². The molecule has 2 aliphatic heterocycles. The summed E-state index contributed by atoms with van der Waals surface area (Å²) >= 11 is 5.89. The molecule has 116 valence electrons. The molecule has 3 rings (SSSR count). The molecule has 1 atom stereocenters. The largest absolute Gasteiger partial charge is 0.396 e. The predicted molar refractivity (Wildman–Crippen MR) is 81.2 cm³/mol. The Kier molecular flexibility index (Phi) is 4.04. The van der Waals surface area contributed by atoms with Gasteiger partial charge >= 0.3 is 6.03 Å². The molecule has 1 aromatic rings. The van der Waals surface area contributed by atoms with Gasteiger partial charge in [-0.25, -0.2) is 4.79 Å². The number of urea groups is 1. The smallest absolute Gasteiger partial charge is 0.319 e. The van der Waals surface area contributed by atoms with E-state index in [9.17, 15) is 9.59 Å². The van der Waals surface area contributed by atoms with Crippen molar-refractivity contribution < 1.29 is 14.7 Å². The van der Waals surface area contributed by atoms with E-state index in [1.165, 1.54) is 0 Å². The third-order valence-electron chi connectivity index (χ3n) is 3.81. The predicted octanol–water partition coefficient (Wildman–Crippen LogP) is 1.17. The summed E-state index contributed by atoms with van der Waals surface area (Å²) in [5.41, 5.74) is 2.00. The zero-order chi connectivity index (χ0) is 15.7. The van der Waals surface area contributed by atoms with Crippen molar-refractivity contribution in [1.82, 2.24) is 15.5 Å². The lowest BCUT2D eigenvalue weighted by Gasteiger charge is -2.25. The van der Waals surface area contributed by atoms with E-state index in [0.29, 0.717) is 35.8 Å². The Balaban J connectivity index is 1.90. The summed E-state index contributed by atoms with van der Waals surface area (Å²) in [6.07, 6.45) is 0.513. The van der Waals surface area contributed by atoms with Crippen molar-refractivity contribution in [2.24, 2.45) is 0 Å². The summed E-state index contributed by atoms with van der Waals surface area (Å²) in [6.45, 7) is 0.858. The van der Waals surface area contributed by atoms with E-state index in [1.807, 2.05) is 0 Å². The second-order valence-electron chi connectivity index (χ2n) is 5.28. The minimum absolute atomic E-state index is 0.0274. The van der Waals surface area contributed by atoms with Gasteiger partial charge in [0, 0.05) is 18.2 Å². The van der Waals surface area contributed by atoms with Crippen LogP contribution in [0.2, 0.25) is 5.02 Å². The van der Waals surface area contributed by atoms with E-state index in [0.717, 1.165) is 5.56 Å². The minimum atomic E-state index is -0.479. The van der Waals surface area contributed by atoms with Crippen molar-refractivity contribution in [2.75, 3.05) is 19.7 Å². The number of amides is 3. The fraction of sp³-hybridized carbons (Fsp3) is 0.333. The molecule has 0 aromatic heterocycles. The Hall–Kier alpha value is -2.05. The Morgan fingerprint density at radius 2 is 2.00 bits per heavy atom. The molecule has 22 heavy (non-hydrogen) atoms. The normalized spacial score (nSPS) is 20.8. The molecule has 0 unspecified atom stereocenters. The number of aliphatic hydroxyl groups is 1. The number of carbonyl (C=O) groups is 2. The Morgan fingerprint density at radius 1 is 1.27 bits per heavy atom. The second-order valence-corrected chi connectivity index (χ2v) is 5.72. The summed E-state index contributed by atoms with van der Waals surface area (Å²) in [5.74, 6) is -0.115. The van der Waals surface area contributed by atoms with Gasteiger partial charge in [0.25, 0.3) is 5.91 Å². The van der Waals surface area contributed by atoms with Crippen molar-refractivity contribution in [3.63, 3.8) is 0 Å². The van der Waals surface area contributed by atoms with Gasteiger partial charge in [0.2, 0.25) is 0 Å². The lowest BCUT2D eigenvalue weighted by atomic mass is 9.96.